The van der Waals surface area contributed by atoms with Crippen molar-refractivity contribution in [2.24, 2.45) is 0 Å². The molecule has 0 N–H and O–H groups in total. The number of benzene rings is 1. The van der Waals surface area contributed by atoms with Gasteiger partial charge in [0.15, 0.2) is 0 Å². The smallest absolute Gasteiger partial charge is 0.268 e. The number of amides is 1. The molecule has 1 aromatic rings. The lowest BCUT2D eigenvalue weighted by Gasteiger charge is -2.16. The van der Waals surface area contributed by atoms with Crippen molar-refractivity contribution >= 4 is 33.0 Å². The van der Waals surface area contributed by atoms with Gasteiger partial charge in [0.1, 0.15) is 5.69 Å². The lowest BCUT2D eigenvalue weighted by Crippen LogP contribution is -2.32. The first-order chi connectivity index (χ1) is 11.2. The number of carbonyl (C=O) groups excluding carboxylic acids is 1. The molecule has 0 saturated carbocycles. The van der Waals surface area contributed by atoms with E-state index in [1.165, 1.54) is 0 Å². The first kappa shape index (κ1) is 16.1. The monoisotopic (exact) mass is 353 g/mol. The lowest BCUT2D eigenvalue weighted by molar-refractivity contribution is -0.393. The Morgan fingerprint density at radius 3 is 2.29 bits per heavy atom. The molecular formula is C13H11N3O7S. The predicted molar refractivity (Wildman–Crippen MR) is 81.7 cm³/mol. The van der Waals surface area contributed by atoms with Crippen LogP contribution in [0.15, 0.2) is 28.7 Å². The van der Waals surface area contributed by atoms with Crippen LogP contribution in [-0.2, 0) is 14.8 Å². The van der Waals surface area contributed by atoms with Crippen molar-refractivity contribution in [2.45, 2.75) is 25.7 Å². The van der Waals surface area contributed by atoms with Crippen molar-refractivity contribution in [3.8, 4) is 0 Å². The van der Waals surface area contributed by atoms with Gasteiger partial charge in [-0.2, -0.15) is 4.31 Å². The maximum atomic E-state index is 12.6. The lowest BCUT2D eigenvalue weighted by atomic mass is 9.99. The van der Waals surface area contributed by atoms with Gasteiger partial charge in [-0.3, -0.25) is 25.0 Å². The molecule has 0 unspecified atom stereocenters. The van der Waals surface area contributed by atoms with E-state index < -0.39 is 42.8 Å². The Morgan fingerprint density at radius 2 is 1.71 bits per heavy atom. The molecule has 0 fully saturated rings. The minimum Gasteiger partial charge on any atom is -0.268 e. The van der Waals surface area contributed by atoms with E-state index in [-0.39, 0.29) is 16.9 Å². The number of carbonyl (C=O) groups is 1. The van der Waals surface area contributed by atoms with Gasteiger partial charge in [0.05, 0.1) is 20.8 Å². The number of sulfonamides is 1. The molecule has 0 saturated heterocycles. The Labute approximate surface area is 135 Å². The first-order valence-corrected chi connectivity index (χ1v) is 8.43. The van der Waals surface area contributed by atoms with Crippen LogP contribution >= 0.6 is 0 Å². The number of rotatable bonds is 3. The van der Waals surface area contributed by atoms with Crippen molar-refractivity contribution in [3.63, 3.8) is 0 Å². The topological polar surface area (TPSA) is 141 Å². The highest BCUT2D eigenvalue weighted by Crippen LogP contribution is 2.43. The predicted octanol–water partition coefficient (Wildman–Crippen LogP) is 2.01. The van der Waals surface area contributed by atoms with Gasteiger partial charge in [-0.25, -0.2) is 8.42 Å². The number of nitro groups is 2. The van der Waals surface area contributed by atoms with E-state index in [0.29, 0.717) is 29.6 Å². The van der Waals surface area contributed by atoms with E-state index in [1.54, 1.807) is 0 Å². The molecule has 1 amide bonds. The Kier molecular flexibility index (Phi) is 3.59. The second-order valence-corrected chi connectivity index (χ2v) is 7.18. The fourth-order valence-corrected chi connectivity index (χ4v) is 4.78. The van der Waals surface area contributed by atoms with Crippen LogP contribution in [0.1, 0.15) is 25.7 Å². The summed E-state index contributed by atoms with van der Waals surface area (Å²) in [4.78, 5) is 32.7. The second-order valence-electron chi connectivity index (χ2n) is 5.37. The molecule has 0 bridgehead atoms. The van der Waals surface area contributed by atoms with E-state index in [4.69, 9.17) is 0 Å². The summed E-state index contributed by atoms with van der Waals surface area (Å²) in [5, 5.41) is 22.0. The Hall–Kier alpha value is -2.82. The molecule has 0 spiro atoms. The maximum absolute atomic E-state index is 12.6. The molecule has 24 heavy (non-hydrogen) atoms. The first-order valence-electron chi connectivity index (χ1n) is 6.99. The number of hydrogen-bond donors (Lipinski definition) is 0. The van der Waals surface area contributed by atoms with Crippen LogP contribution < -0.4 is 4.31 Å². The van der Waals surface area contributed by atoms with Gasteiger partial charge >= 0.3 is 5.69 Å². The van der Waals surface area contributed by atoms with E-state index in [0.717, 1.165) is 12.1 Å². The molecule has 2 aliphatic rings. The standard InChI is InChI=1S/C13H11N3O7S/c17-13-9-3-1-2-4-12(9)24(22,23)14(13)10-6-5-8(15(18)19)7-11(10)16(20)21/h5-7H,1-4H2. The van der Waals surface area contributed by atoms with Crippen LogP contribution in [0.3, 0.4) is 0 Å². The zero-order valence-electron chi connectivity index (χ0n) is 12.2. The quantitative estimate of drug-likeness (QED) is 0.597. The minimum atomic E-state index is -4.19. The van der Waals surface area contributed by atoms with E-state index in [1.807, 2.05) is 0 Å². The summed E-state index contributed by atoms with van der Waals surface area (Å²) in [6, 6.07) is 2.50. The third kappa shape index (κ3) is 2.24. The molecule has 0 aromatic heterocycles. The fourth-order valence-electron chi connectivity index (χ4n) is 2.91. The molecule has 11 heteroatoms. The van der Waals surface area contributed by atoms with Crippen LogP contribution in [-0.4, -0.2) is 24.2 Å². The van der Waals surface area contributed by atoms with Gasteiger partial charge in [0.25, 0.3) is 21.6 Å². The van der Waals surface area contributed by atoms with Gasteiger partial charge in [0, 0.05) is 11.6 Å². The maximum Gasteiger partial charge on any atom is 0.300 e. The summed E-state index contributed by atoms with van der Waals surface area (Å²) in [7, 11) is -4.19. The van der Waals surface area contributed by atoms with Gasteiger partial charge in [-0.15, -0.1) is 0 Å². The molecular weight excluding hydrogens is 342 g/mol. The molecule has 1 aliphatic carbocycles. The Balaban J connectivity index is 2.18. The summed E-state index contributed by atoms with van der Waals surface area (Å²) in [5.41, 5.74) is -1.70. The molecule has 1 heterocycles. The van der Waals surface area contributed by atoms with Gasteiger partial charge < -0.3 is 0 Å². The SMILES string of the molecule is O=C1C2=C(CCCC2)S(=O)(=O)N1c1ccc([N+](=O)[O-])cc1[N+](=O)[O-]. The normalized spacial score (nSPS) is 19.3. The number of non-ortho nitro benzene ring substituents is 1. The molecule has 10 nitrogen and oxygen atoms in total. The minimum absolute atomic E-state index is 0.00796. The number of anilines is 1. The Bertz CT molecular complexity index is 919. The van der Waals surface area contributed by atoms with Crippen LogP contribution in [0.5, 0.6) is 0 Å². The number of nitrogens with zero attached hydrogens (tertiary/aromatic N) is 3. The van der Waals surface area contributed by atoms with E-state index in [2.05, 4.69) is 0 Å². The van der Waals surface area contributed by atoms with E-state index >= 15 is 0 Å². The van der Waals surface area contributed by atoms with Crippen molar-refractivity contribution in [2.75, 3.05) is 4.31 Å². The van der Waals surface area contributed by atoms with Gasteiger partial charge in [0.2, 0.25) is 0 Å². The van der Waals surface area contributed by atoms with Gasteiger partial charge in [-0.1, -0.05) is 0 Å². The van der Waals surface area contributed by atoms with Crippen molar-refractivity contribution in [3.05, 3.63) is 48.9 Å². The zero-order valence-corrected chi connectivity index (χ0v) is 13.0. The van der Waals surface area contributed by atoms with Crippen LogP contribution in [0.4, 0.5) is 17.1 Å². The fraction of sp³-hybridized carbons (Fsp3) is 0.308. The molecule has 0 radical (unpaired) electrons. The van der Waals surface area contributed by atoms with Gasteiger partial charge in [-0.05, 0) is 31.7 Å². The zero-order chi connectivity index (χ0) is 17.6. The highest BCUT2D eigenvalue weighted by molar-refractivity contribution is 7.98. The summed E-state index contributed by atoms with van der Waals surface area (Å²) in [6.07, 6.45) is 1.78. The highest BCUT2D eigenvalue weighted by atomic mass is 32.2. The summed E-state index contributed by atoms with van der Waals surface area (Å²) < 4.78 is 25.6. The highest BCUT2D eigenvalue weighted by Gasteiger charge is 2.47. The number of allylic oxidation sites excluding steroid dienone is 1. The number of nitro benzene ring substituents is 2. The second kappa shape index (κ2) is 5.37. The largest absolute Gasteiger partial charge is 0.300 e. The van der Waals surface area contributed by atoms with Crippen molar-refractivity contribution in [1.29, 1.82) is 0 Å². The van der Waals surface area contributed by atoms with Crippen LogP contribution in [0.2, 0.25) is 0 Å². The summed E-state index contributed by atoms with van der Waals surface area (Å²) >= 11 is 0. The average molecular weight is 353 g/mol. The molecule has 1 aromatic carbocycles. The Morgan fingerprint density at radius 1 is 1.04 bits per heavy atom. The molecule has 1 aliphatic heterocycles. The van der Waals surface area contributed by atoms with Crippen molar-refractivity contribution < 1.29 is 23.1 Å². The summed E-state index contributed by atoms with van der Waals surface area (Å²) in [5.74, 6) is -0.818. The molecule has 126 valence electrons. The number of hydrogen-bond acceptors (Lipinski definition) is 7. The third-order valence-electron chi connectivity index (χ3n) is 4.00. The van der Waals surface area contributed by atoms with Crippen molar-refractivity contribution in [1.82, 2.24) is 0 Å². The van der Waals surface area contributed by atoms with Crippen LogP contribution in [0, 0.1) is 20.2 Å². The van der Waals surface area contributed by atoms with E-state index in [9.17, 15) is 33.4 Å². The summed E-state index contributed by atoms with van der Waals surface area (Å²) in [6.45, 7) is 0. The third-order valence-corrected chi connectivity index (χ3v) is 5.91. The van der Waals surface area contributed by atoms with Crippen LogP contribution in [0.25, 0.3) is 0 Å². The molecule has 0 atom stereocenters. The molecule has 3 rings (SSSR count). The average Bonchev–Trinajstić information content (AvgIpc) is 2.74.